The molecule has 3 rings (SSSR count). The summed E-state index contributed by atoms with van der Waals surface area (Å²) in [6, 6.07) is 16.0. The van der Waals surface area contributed by atoms with Crippen LogP contribution in [0.1, 0.15) is 16.9 Å². The molecule has 1 heterocycles. The lowest BCUT2D eigenvalue weighted by Crippen LogP contribution is -2.22. The second kappa shape index (κ2) is 9.11. The summed E-state index contributed by atoms with van der Waals surface area (Å²) in [6.07, 6.45) is 6.26. The maximum Gasteiger partial charge on any atom is 0.220 e. The molecule has 0 saturated heterocycles. The highest BCUT2D eigenvalue weighted by Gasteiger charge is 2.08. The Balaban J connectivity index is 1.52. The van der Waals surface area contributed by atoms with E-state index in [1.165, 1.54) is 10.1 Å². The minimum atomic E-state index is 0.0269. The molecule has 1 aromatic heterocycles. The minimum absolute atomic E-state index is 0.0269. The number of methoxy groups -OCH3 is 1. The van der Waals surface area contributed by atoms with E-state index in [0.717, 1.165) is 10.4 Å². The molecule has 0 bridgehead atoms. The summed E-state index contributed by atoms with van der Waals surface area (Å²) in [5.41, 5.74) is 1.01. The van der Waals surface area contributed by atoms with Gasteiger partial charge in [0.15, 0.2) is 11.5 Å². The van der Waals surface area contributed by atoms with Crippen LogP contribution in [0.15, 0.2) is 48.5 Å². The Morgan fingerprint density at radius 3 is 2.81 bits per heavy atom. The van der Waals surface area contributed by atoms with Crippen molar-refractivity contribution in [3.63, 3.8) is 0 Å². The molecule has 0 aliphatic heterocycles. The molecule has 0 aliphatic carbocycles. The fraction of sp³-hybridized carbons (Fsp3) is 0.227. The number of ether oxygens (including phenoxy) is 2. The van der Waals surface area contributed by atoms with Gasteiger partial charge in [-0.15, -0.1) is 17.8 Å². The summed E-state index contributed by atoms with van der Waals surface area (Å²) in [5.74, 6) is 3.68. The van der Waals surface area contributed by atoms with E-state index >= 15 is 0 Å². The number of carbonyl (C=O) groups excluding carboxylic acids is 1. The van der Waals surface area contributed by atoms with Crippen molar-refractivity contribution in [1.82, 2.24) is 5.32 Å². The Morgan fingerprint density at radius 1 is 1.19 bits per heavy atom. The first-order chi connectivity index (χ1) is 13.2. The molecule has 3 aromatic rings. The molecule has 4 nitrogen and oxygen atoms in total. The van der Waals surface area contributed by atoms with Crippen molar-refractivity contribution in [1.29, 1.82) is 0 Å². The molecule has 138 valence electrons. The molecule has 1 N–H and O–H groups in total. The smallest absolute Gasteiger partial charge is 0.220 e. The van der Waals surface area contributed by atoms with E-state index in [-0.39, 0.29) is 12.5 Å². The van der Waals surface area contributed by atoms with Gasteiger partial charge in [0.25, 0.3) is 0 Å². The SMILES string of the molecule is C#CCOc1ccc(CCC(=O)NCc2cc3ccccc3s2)cc1OC. The van der Waals surface area contributed by atoms with Gasteiger partial charge in [-0.05, 0) is 41.6 Å². The molecular formula is C22H21NO3S. The average molecular weight is 379 g/mol. The van der Waals surface area contributed by atoms with Crippen molar-refractivity contribution in [3.8, 4) is 23.8 Å². The fourth-order valence-corrected chi connectivity index (χ4v) is 3.77. The average Bonchev–Trinajstić information content (AvgIpc) is 3.12. The van der Waals surface area contributed by atoms with E-state index in [4.69, 9.17) is 15.9 Å². The van der Waals surface area contributed by atoms with Gasteiger partial charge in [-0.25, -0.2) is 0 Å². The highest BCUT2D eigenvalue weighted by molar-refractivity contribution is 7.19. The standard InChI is InChI=1S/C22H21NO3S/c1-3-12-26-19-10-8-16(13-20(19)25-2)9-11-22(24)23-15-18-14-17-6-4-5-7-21(17)27-18/h1,4-8,10,13-14H,9,11-12,15H2,2H3,(H,23,24). The maximum absolute atomic E-state index is 12.2. The molecule has 0 spiro atoms. The maximum atomic E-state index is 12.2. The zero-order valence-corrected chi connectivity index (χ0v) is 16.0. The Hall–Kier alpha value is -2.97. The van der Waals surface area contributed by atoms with Crippen LogP contribution in [0.2, 0.25) is 0 Å². The lowest BCUT2D eigenvalue weighted by atomic mass is 10.1. The van der Waals surface area contributed by atoms with Crippen molar-refractivity contribution >= 4 is 27.3 Å². The van der Waals surface area contributed by atoms with Crippen molar-refractivity contribution in [3.05, 3.63) is 59.0 Å². The number of terminal acetylenes is 1. The monoisotopic (exact) mass is 379 g/mol. The topological polar surface area (TPSA) is 47.6 Å². The number of hydrogen-bond acceptors (Lipinski definition) is 4. The number of fused-ring (bicyclic) bond motifs is 1. The van der Waals surface area contributed by atoms with Crippen LogP contribution in [-0.2, 0) is 17.8 Å². The van der Waals surface area contributed by atoms with Crippen LogP contribution in [0.5, 0.6) is 11.5 Å². The molecule has 5 heteroatoms. The van der Waals surface area contributed by atoms with Crippen LogP contribution in [-0.4, -0.2) is 19.6 Å². The van der Waals surface area contributed by atoms with Gasteiger partial charge in [0.1, 0.15) is 6.61 Å². The fourth-order valence-electron chi connectivity index (χ4n) is 2.76. The summed E-state index contributed by atoms with van der Waals surface area (Å²) in [4.78, 5) is 13.3. The van der Waals surface area contributed by atoms with Gasteiger partial charge in [0.2, 0.25) is 5.91 Å². The highest BCUT2D eigenvalue weighted by atomic mass is 32.1. The molecule has 0 radical (unpaired) electrons. The lowest BCUT2D eigenvalue weighted by Gasteiger charge is -2.10. The molecule has 0 atom stereocenters. The Bertz CT molecular complexity index is 938. The third-order valence-corrected chi connectivity index (χ3v) is 5.23. The van der Waals surface area contributed by atoms with Crippen LogP contribution < -0.4 is 14.8 Å². The number of benzene rings is 2. The first kappa shape index (κ1) is 18.8. The van der Waals surface area contributed by atoms with E-state index in [0.29, 0.717) is 30.9 Å². The first-order valence-electron chi connectivity index (χ1n) is 8.67. The molecule has 2 aromatic carbocycles. The van der Waals surface area contributed by atoms with Crippen LogP contribution in [0.3, 0.4) is 0 Å². The number of carbonyl (C=O) groups is 1. The van der Waals surface area contributed by atoms with Gasteiger partial charge in [-0.2, -0.15) is 0 Å². The van der Waals surface area contributed by atoms with E-state index in [1.54, 1.807) is 18.4 Å². The second-order valence-corrected chi connectivity index (χ2v) is 7.17. The minimum Gasteiger partial charge on any atom is -0.493 e. The van der Waals surface area contributed by atoms with Gasteiger partial charge in [-0.1, -0.05) is 30.2 Å². The van der Waals surface area contributed by atoms with Crippen LogP contribution in [0.4, 0.5) is 0 Å². The summed E-state index contributed by atoms with van der Waals surface area (Å²) >= 11 is 1.71. The van der Waals surface area contributed by atoms with Gasteiger partial charge in [0, 0.05) is 16.0 Å². The van der Waals surface area contributed by atoms with E-state index in [1.807, 2.05) is 30.3 Å². The first-order valence-corrected chi connectivity index (χ1v) is 9.48. The number of hydrogen-bond donors (Lipinski definition) is 1. The highest BCUT2D eigenvalue weighted by Crippen LogP contribution is 2.28. The molecule has 0 unspecified atom stereocenters. The third kappa shape index (κ3) is 5.02. The summed E-state index contributed by atoms with van der Waals surface area (Å²) in [5, 5.41) is 4.21. The van der Waals surface area contributed by atoms with E-state index in [9.17, 15) is 4.79 Å². The number of amides is 1. The lowest BCUT2D eigenvalue weighted by molar-refractivity contribution is -0.121. The predicted molar refractivity (Wildman–Crippen MR) is 109 cm³/mol. The Morgan fingerprint density at radius 2 is 2.04 bits per heavy atom. The van der Waals surface area contributed by atoms with Gasteiger partial charge in [0.05, 0.1) is 13.7 Å². The molecule has 0 saturated carbocycles. The van der Waals surface area contributed by atoms with Gasteiger partial charge in [-0.3, -0.25) is 4.79 Å². The van der Waals surface area contributed by atoms with E-state index in [2.05, 4.69) is 29.4 Å². The summed E-state index contributed by atoms with van der Waals surface area (Å²) < 4.78 is 12.0. The molecule has 0 fully saturated rings. The number of aryl methyl sites for hydroxylation is 1. The molecule has 1 amide bonds. The quantitative estimate of drug-likeness (QED) is 0.598. The third-order valence-electron chi connectivity index (χ3n) is 4.12. The normalized spacial score (nSPS) is 10.4. The van der Waals surface area contributed by atoms with Crippen LogP contribution in [0.25, 0.3) is 10.1 Å². The Labute approximate surface area is 163 Å². The van der Waals surface area contributed by atoms with Crippen molar-refractivity contribution in [2.45, 2.75) is 19.4 Å². The van der Waals surface area contributed by atoms with E-state index < -0.39 is 0 Å². The van der Waals surface area contributed by atoms with Crippen molar-refractivity contribution < 1.29 is 14.3 Å². The zero-order chi connectivity index (χ0) is 19.1. The van der Waals surface area contributed by atoms with Crippen LogP contribution in [0, 0.1) is 12.3 Å². The second-order valence-electron chi connectivity index (χ2n) is 6.01. The predicted octanol–water partition coefficient (Wildman–Crippen LogP) is 4.17. The molecule has 0 aliphatic rings. The van der Waals surface area contributed by atoms with Crippen molar-refractivity contribution in [2.75, 3.05) is 13.7 Å². The van der Waals surface area contributed by atoms with Crippen molar-refractivity contribution in [2.24, 2.45) is 0 Å². The largest absolute Gasteiger partial charge is 0.493 e. The molecule has 27 heavy (non-hydrogen) atoms. The van der Waals surface area contributed by atoms with Crippen LogP contribution >= 0.6 is 11.3 Å². The number of thiophene rings is 1. The molecular weight excluding hydrogens is 358 g/mol. The number of nitrogens with one attached hydrogen (secondary N) is 1. The van der Waals surface area contributed by atoms with Gasteiger partial charge >= 0.3 is 0 Å². The number of rotatable bonds is 8. The summed E-state index contributed by atoms with van der Waals surface area (Å²) in [6.45, 7) is 0.746. The van der Waals surface area contributed by atoms with Gasteiger partial charge < -0.3 is 14.8 Å². The Kier molecular flexibility index (Phi) is 6.35. The summed E-state index contributed by atoms with van der Waals surface area (Å²) in [7, 11) is 1.58. The zero-order valence-electron chi connectivity index (χ0n) is 15.2.